The van der Waals surface area contributed by atoms with Crippen molar-refractivity contribution in [2.75, 3.05) is 36.4 Å². The van der Waals surface area contributed by atoms with E-state index >= 15 is 0 Å². The number of piperazine rings is 1. The first kappa shape index (κ1) is 27.1. The molecule has 2 aromatic heterocycles. The molecule has 38 heavy (non-hydrogen) atoms. The first-order chi connectivity index (χ1) is 18.0. The van der Waals surface area contributed by atoms with Crippen LogP contribution in [0.4, 0.5) is 20.8 Å². The number of carbonyl (C=O) groups excluding carboxylic acids is 1. The maximum absolute atomic E-state index is 14.6. The third-order valence-electron chi connectivity index (χ3n) is 6.21. The van der Waals surface area contributed by atoms with Crippen LogP contribution in [-0.4, -0.2) is 68.9 Å². The van der Waals surface area contributed by atoms with Crippen LogP contribution in [0, 0.1) is 5.82 Å². The van der Waals surface area contributed by atoms with E-state index in [1.54, 1.807) is 32.7 Å². The van der Waals surface area contributed by atoms with Gasteiger partial charge in [0.15, 0.2) is 5.69 Å². The third kappa shape index (κ3) is 5.49. The summed E-state index contributed by atoms with van der Waals surface area (Å²) in [5, 5.41) is 12.7. The van der Waals surface area contributed by atoms with Gasteiger partial charge in [0, 0.05) is 38.8 Å². The van der Waals surface area contributed by atoms with Gasteiger partial charge in [-0.15, -0.1) is 0 Å². The van der Waals surface area contributed by atoms with Crippen LogP contribution in [0.25, 0.3) is 10.9 Å². The van der Waals surface area contributed by atoms with E-state index in [0.717, 1.165) is 6.07 Å². The molecule has 1 aliphatic rings. The number of halogens is 2. The molecule has 1 amide bonds. The van der Waals surface area contributed by atoms with E-state index in [9.17, 15) is 23.9 Å². The predicted molar refractivity (Wildman–Crippen MR) is 141 cm³/mol. The van der Waals surface area contributed by atoms with Crippen LogP contribution < -0.4 is 15.8 Å². The Hall–Kier alpha value is -3.93. The number of hydrogen-bond acceptors (Lipinski definition) is 8. The fourth-order valence-corrected chi connectivity index (χ4v) is 4.51. The van der Waals surface area contributed by atoms with Gasteiger partial charge in [0.2, 0.25) is 5.95 Å². The molecule has 2 N–H and O–H groups in total. The summed E-state index contributed by atoms with van der Waals surface area (Å²) in [4.78, 5) is 49.3. The molecule has 13 heteroatoms. The number of benzene rings is 1. The standard InChI is InChI=1S/C25H28ClFN6O5/c1-13(2)38-25(37)33-9-7-32(8-10-33)24-30-20-16(11-15(27)12-17(20)22(34)31(24)4)14(3)28-18-5-6-19(26)29-21(18)23(35)36/h5-6,11-14,28H,7-10H2,1-4H3,(H,35,36)/t14-/m1/s1. The molecule has 202 valence electrons. The number of carboxylic acid groups (broad SMARTS) is 1. The monoisotopic (exact) mass is 546 g/mol. The van der Waals surface area contributed by atoms with Gasteiger partial charge in [-0.3, -0.25) is 9.36 Å². The van der Waals surface area contributed by atoms with E-state index in [-0.39, 0.29) is 33.5 Å². The lowest BCUT2D eigenvalue weighted by Gasteiger charge is -2.35. The summed E-state index contributed by atoms with van der Waals surface area (Å²) >= 11 is 5.85. The largest absolute Gasteiger partial charge is 0.476 e. The Morgan fingerprint density at radius 3 is 2.45 bits per heavy atom. The lowest BCUT2D eigenvalue weighted by molar-refractivity contribution is 0.0690. The number of carboxylic acids is 1. The van der Waals surface area contributed by atoms with Crippen molar-refractivity contribution in [2.45, 2.75) is 32.9 Å². The Kier molecular flexibility index (Phi) is 7.72. The summed E-state index contributed by atoms with van der Waals surface area (Å²) in [7, 11) is 1.56. The third-order valence-corrected chi connectivity index (χ3v) is 6.42. The predicted octanol–water partition coefficient (Wildman–Crippen LogP) is 3.66. The highest BCUT2D eigenvalue weighted by atomic mass is 35.5. The van der Waals surface area contributed by atoms with Gasteiger partial charge in [0.25, 0.3) is 5.56 Å². The number of pyridine rings is 1. The maximum Gasteiger partial charge on any atom is 0.410 e. The average Bonchev–Trinajstić information content (AvgIpc) is 2.86. The van der Waals surface area contributed by atoms with Crippen LogP contribution in [0.3, 0.4) is 0 Å². The summed E-state index contributed by atoms with van der Waals surface area (Å²) in [6.07, 6.45) is -0.622. The van der Waals surface area contributed by atoms with Gasteiger partial charge in [0.05, 0.1) is 28.7 Å². The number of aromatic nitrogens is 3. The second kappa shape index (κ2) is 10.8. The van der Waals surface area contributed by atoms with Crippen molar-refractivity contribution in [3.8, 4) is 0 Å². The van der Waals surface area contributed by atoms with Gasteiger partial charge in [-0.2, -0.15) is 0 Å². The van der Waals surface area contributed by atoms with Gasteiger partial charge < -0.3 is 25.0 Å². The number of aromatic carboxylic acids is 1. The maximum atomic E-state index is 14.6. The zero-order chi connectivity index (χ0) is 27.7. The molecule has 3 aromatic rings. The Morgan fingerprint density at radius 2 is 1.82 bits per heavy atom. The van der Waals surface area contributed by atoms with E-state index in [0.29, 0.717) is 37.7 Å². The minimum absolute atomic E-state index is 0.0178. The van der Waals surface area contributed by atoms with Crippen molar-refractivity contribution >= 4 is 46.2 Å². The lowest BCUT2D eigenvalue weighted by atomic mass is 10.0. The second-order valence-electron chi connectivity index (χ2n) is 9.28. The molecule has 1 fully saturated rings. The van der Waals surface area contributed by atoms with Crippen molar-refractivity contribution in [2.24, 2.45) is 7.05 Å². The number of nitrogens with zero attached hydrogens (tertiary/aromatic N) is 5. The van der Waals surface area contributed by atoms with E-state index in [4.69, 9.17) is 21.3 Å². The number of hydrogen-bond donors (Lipinski definition) is 2. The molecule has 0 aliphatic carbocycles. The zero-order valence-corrected chi connectivity index (χ0v) is 22.1. The van der Waals surface area contributed by atoms with Gasteiger partial charge >= 0.3 is 12.1 Å². The van der Waals surface area contributed by atoms with Gasteiger partial charge in [-0.1, -0.05) is 11.6 Å². The Labute approximate surface area is 222 Å². The topological polar surface area (TPSA) is 130 Å². The molecule has 0 bridgehead atoms. The highest BCUT2D eigenvalue weighted by Gasteiger charge is 2.27. The summed E-state index contributed by atoms with van der Waals surface area (Å²) in [5.41, 5.74) is 0.108. The van der Waals surface area contributed by atoms with Crippen LogP contribution in [0.5, 0.6) is 0 Å². The number of ether oxygens (including phenoxy) is 1. The number of rotatable bonds is 6. The van der Waals surface area contributed by atoms with E-state index < -0.39 is 29.5 Å². The van der Waals surface area contributed by atoms with Gasteiger partial charge in [-0.05, 0) is 45.0 Å². The fraction of sp³-hybridized carbons (Fsp3) is 0.400. The Bertz CT molecular complexity index is 1450. The minimum Gasteiger partial charge on any atom is -0.476 e. The van der Waals surface area contributed by atoms with Gasteiger partial charge in [-0.25, -0.2) is 23.9 Å². The molecule has 0 unspecified atom stereocenters. The second-order valence-corrected chi connectivity index (χ2v) is 9.66. The van der Waals surface area contributed by atoms with Crippen LogP contribution >= 0.6 is 11.6 Å². The lowest BCUT2D eigenvalue weighted by Crippen LogP contribution is -2.50. The Balaban J connectivity index is 1.69. The molecule has 1 aliphatic heterocycles. The summed E-state index contributed by atoms with van der Waals surface area (Å²) in [5.74, 6) is -1.53. The first-order valence-corrected chi connectivity index (χ1v) is 12.4. The van der Waals surface area contributed by atoms with Crippen LogP contribution in [0.2, 0.25) is 5.15 Å². The smallest absolute Gasteiger partial charge is 0.410 e. The Morgan fingerprint density at radius 1 is 1.13 bits per heavy atom. The van der Waals surface area contributed by atoms with Crippen LogP contribution in [-0.2, 0) is 11.8 Å². The van der Waals surface area contributed by atoms with Crippen molar-refractivity contribution in [1.82, 2.24) is 19.4 Å². The van der Waals surface area contributed by atoms with Crippen LogP contribution in [0.15, 0.2) is 29.1 Å². The molecule has 1 saturated heterocycles. The minimum atomic E-state index is -1.28. The SMILES string of the molecule is CC(C)OC(=O)N1CCN(c2nc3c([C@@H](C)Nc4ccc(Cl)nc4C(=O)O)cc(F)cc3c(=O)n2C)CC1. The molecule has 11 nitrogen and oxygen atoms in total. The number of carbonyl (C=O) groups is 2. The highest BCUT2D eigenvalue weighted by Crippen LogP contribution is 2.29. The number of amides is 1. The van der Waals surface area contributed by atoms with Crippen molar-refractivity contribution in [3.05, 3.63) is 56.8 Å². The highest BCUT2D eigenvalue weighted by molar-refractivity contribution is 6.29. The normalized spacial score (nSPS) is 14.6. The summed E-state index contributed by atoms with van der Waals surface area (Å²) in [6.45, 7) is 6.87. The molecule has 1 aromatic carbocycles. The van der Waals surface area contributed by atoms with Crippen molar-refractivity contribution < 1.29 is 23.8 Å². The van der Waals surface area contributed by atoms with E-state index in [1.807, 2.05) is 4.90 Å². The molecule has 0 spiro atoms. The first-order valence-electron chi connectivity index (χ1n) is 12.0. The molecule has 0 radical (unpaired) electrons. The summed E-state index contributed by atoms with van der Waals surface area (Å²) < 4.78 is 21.3. The average molecular weight is 547 g/mol. The molecule has 3 heterocycles. The molecule has 1 atom stereocenters. The van der Waals surface area contributed by atoms with Crippen molar-refractivity contribution in [1.29, 1.82) is 0 Å². The quantitative estimate of drug-likeness (QED) is 0.445. The van der Waals surface area contributed by atoms with Gasteiger partial charge in [0.1, 0.15) is 11.0 Å². The van der Waals surface area contributed by atoms with E-state index in [1.165, 1.54) is 22.8 Å². The number of anilines is 2. The van der Waals surface area contributed by atoms with Crippen molar-refractivity contribution in [3.63, 3.8) is 0 Å². The number of fused-ring (bicyclic) bond motifs is 1. The molecular weight excluding hydrogens is 519 g/mol. The fourth-order valence-electron chi connectivity index (χ4n) is 4.36. The molecule has 0 saturated carbocycles. The number of nitrogens with one attached hydrogen (secondary N) is 1. The van der Waals surface area contributed by atoms with E-state index in [2.05, 4.69) is 10.3 Å². The van der Waals surface area contributed by atoms with Crippen LogP contribution in [0.1, 0.15) is 42.9 Å². The summed E-state index contributed by atoms with van der Waals surface area (Å²) in [6, 6.07) is 4.66. The zero-order valence-electron chi connectivity index (χ0n) is 21.4. The molecular formula is C25H28ClFN6O5. The molecule has 4 rings (SSSR count).